The Balaban J connectivity index is 1.28. The average molecular weight is 370 g/mol. The minimum Gasteiger partial charge on any atom is -0.460 e. The van der Waals surface area contributed by atoms with Crippen LogP contribution in [0, 0.1) is 23.2 Å². The van der Waals surface area contributed by atoms with Gasteiger partial charge in [0.15, 0.2) is 0 Å². The molecule has 27 heavy (non-hydrogen) atoms. The average Bonchev–Trinajstić information content (AvgIpc) is 2.63. The highest BCUT2D eigenvalue weighted by Gasteiger charge is 2.54. The van der Waals surface area contributed by atoms with E-state index in [4.69, 9.17) is 10.5 Å². The number of nitrogens with one attached hydrogen (secondary N) is 1. The zero-order valence-electron chi connectivity index (χ0n) is 15.4. The van der Waals surface area contributed by atoms with Crippen molar-refractivity contribution in [1.29, 1.82) is 0 Å². The number of amides is 2. The van der Waals surface area contributed by atoms with Crippen molar-refractivity contribution in [3.63, 3.8) is 0 Å². The summed E-state index contributed by atoms with van der Waals surface area (Å²) in [4.78, 5) is 36.1. The molecule has 0 aromatic heterocycles. The molecule has 1 aromatic rings. The molecule has 4 aliphatic carbocycles. The highest BCUT2D eigenvalue weighted by Crippen LogP contribution is 2.60. The van der Waals surface area contributed by atoms with Gasteiger partial charge in [-0.15, -0.1) is 0 Å². The number of hydrogen-bond acceptors (Lipinski definition) is 4. The molecule has 6 nitrogen and oxygen atoms in total. The number of carbonyl (C=O) groups is 3. The van der Waals surface area contributed by atoms with Crippen LogP contribution in [-0.2, 0) is 20.9 Å². The zero-order chi connectivity index (χ0) is 19.0. The van der Waals surface area contributed by atoms with Crippen LogP contribution in [0.15, 0.2) is 24.3 Å². The third-order valence-electron chi connectivity index (χ3n) is 6.52. The number of rotatable bonds is 6. The van der Waals surface area contributed by atoms with Crippen LogP contribution < -0.4 is 11.1 Å². The van der Waals surface area contributed by atoms with Crippen LogP contribution in [0.4, 0.5) is 0 Å². The number of esters is 1. The minimum atomic E-state index is -0.522. The molecule has 4 saturated carbocycles. The van der Waals surface area contributed by atoms with Gasteiger partial charge in [0.2, 0.25) is 11.8 Å². The predicted molar refractivity (Wildman–Crippen MR) is 98.4 cm³/mol. The van der Waals surface area contributed by atoms with Crippen LogP contribution in [0.2, 0.25) is 0 Å². The summed E-state index contributed by atoms with van der Waals surface area (Å²) in [5, 5.41) is 2.82. The maximum atomic E-state index is 12.8. The molecule has 0 aliphatic heterocycles. The molecular formula is C21H26N2O4. The molecule has 0 saturated heterocycles. The first kappa shape index (κ1) is 18.0. The quantitative estimate of drug-likeness (QED) is 0.750. The van der Waals surface area contributed by atoms with E-state index in [0.717, 1.165) is 19.3 Å². The van der Waals surface area contributed by atoms with Crippen molar-refractivity contribution in [2.45, 2.75) is 45.1 Å². The molecule has 4 fully saturated rings. The van der Waals surface area contributed by atoms with Crippen LogP contribution in [0.3, 0.4) is 0 Å². The summed E-state index contributed by atoms with van der Waals surface area (Å²) in [6.07, 6.45) is 6.75. The number of ether oxygens (including phenoxy) is 1. The Hall–Kier alpha value is -2.37. The van der Waals surface area contributed by atoms with E-state index < -0.39 is 11.9 Å². The van der Waals surface area contributed by atoms with Gasteiger partial charge in [-0.3, -0.25) is 14.4 Å². The van der Waals surface area contributed by atoms with E-state index in [2.05, 4.69) is 5.32 Å². The lowest BCUT2D eigenvalue weighted by Crippen LogP contribution is -2.54. The summed E-state index contributed by atoms with van der Waals surface area (Å²) in [6.45, 7) is -0.0662. The summed E-state index contributed by atoms with van der Waals surface area (Å²) in [6, 6.07) is 6.66. The molecule has 2 amide bonds. The van der Waals surface area contributed by atoms with Gasteiger partial charge >= 0.3 is 5.97 Å². The van der Waals surface area contributed by atoms with Crippen LogP contribution in [0.25, 0.3) is 0 Å². The Kier molecular flexibility index (Phi) is 4.66. The first-order valence-corrected chi connectivity index (χ1v) is 9.76. The zero-order valence-corrected chi connectivity index (χ0v) is 15.4. The molecule has 0 unspecified atom stereocenters. The van der Waals surface area contributed by atoms with Crippen LogP contribution in [0.1, 0.15) is 54.4 Å². The second-order valence-corrected chi connectivity index (χ2v) is 8.61. The summed E-state index contributed by atoms with van der Waals surface area (Å²) in [5.74, 6) is 1.09. The van der Waals surface area contributed by atoms with Gasteiger partial charge in [0.05, 0.1) is 0 Å². The number of benzene rings is 1. The fraction of sp³-hybridized carbons (Fsp3) is 0.571. The fourth-order valence-corrected chi connectivity index (χ4v) is 5.76. The lowest BCUT2D eigenvalue weighted by atomic mass is 9.49. The van der Waals surface area contributed by atoms with Crippen molar-refractivity contribution in [2.24, 2.45) is 28.9 Å². The SMILES string of the molecule is NC(=O)c1cccc(COC(=O)CNC(=O)C23CC4CC(CC(C4)C2)C3)c1. The monoisotopic (exact) mass is 370 g/mol. The smallest absolute Gasteiger partial charge is 0.325 e. The number of primary amides is 1. The van der Waals surface area contributed by atoms with Gasteiger partial charge in [-0.05, 0) is 74.0 Å². The molecule has 4 aliphatic rings. The molecule has 4 bridgehead atoms. The molecular weight excluding hydrogens is 344 g/mol. The van der Waals surface area contributed by atoms with Gasteiger partial charge in [0.1, 0.15) is 13.2 Å². The van der Waals surface area contributed by atoms with Crippen molar-refractivity contribution >= 4 is 17.8 Å². The van der Waals surface area contributed by atoms with E-state index in [1.165, 1.54) is 19.3 Å². The maximum Gasteiger partial charge on any atom is 0.325 e. The number of carbonyl (C=O) groups excluding carboxylic acids is 3. The standard InChI is InChI=1S/C21H26N2O4/c22-19(25)17-3-1-2-13(7-17)12-27-18(24)11-23-20(26)21-8-14-4-15(9-21)6-16(5-14)10-21/h1-3,7,14-16H,4-6,8-12H2,(H2,22,25)(H,23,26). The molecule has 0 atom stereocenters. The van der Waals surface area contributed by atoms with Crippen LogP contribution >= 0.6 is 0 Å². The second kappa shape index (κ2) is 6.98. The highest BCUT2D eigenvalue weighted by atomic mass is 16.5. The van der Waals surface area contributed by atoms with Gasteiger partial charge in [-0.1, -0.05) is 12.1 Å². The van der Waals surface area contributed by atoms with Crippen molar-refractivity contribution < 1.29 is 19.1 Å². The molecule has 1 aromatic carbocycles. The number of nitrogens with two attached hydrogens (primary N) is 1. The maximum absolute atomic E-state index is 12.8. The fourth-order valence-electron chi connectivity index (χ4n) is 5.76. The second-order valence-electron chi connectivity index (χ2n) is 8.61. The third kappa shape index (κ3) is 3.70. The first-order valence-electron chi connectivity index (χ1n) is 9.76. The Morgan fingerprint density at radius 3 is 2.30 bits per heavy atom. The Morgan fingerprint density at radius 2 is 1.70 bits per heavy atom. The van der Waals surface area contributed by atoms with E-state index in [1.54, 1.807) is 24.3 Å². The van der Waals surface area contributed by atoms with E-state index in [0.29, 0.717) is 28.9 Å². The molecule has 0 heterocycles. The summed E-state index contributed by atoms with van der Waals surface area (Å²) in [5.41, 5.74) is 6.05. The van der Waals surface area contributed by atoms with E-state index in [-0.39, 0.29) is 24.5 Å². The molecule has 144 valence electrons. The van der Waals surface area contributed by atoms with Crippen molar-refractivity contribution in [1.82, 2.24) is 5.32 Å². The summed E-state index contributed by atoms with van der Waals surface area (Å²) >= 11 is 0. The molecule has 3 N–H and O–H groups in total. The highest BCUT2D eigenvalue weighted by molar-refractivity contribution is 5.92. The number of hydrogen-bond donors (Lipinski definition) is 2. The van der Waals surface area contributed by atoms with E-state index >= 15 is 0 Å². The third-order valence-corrected chi connectivity index (χ3v) is 6.52. The van der Waals surface area contributed by atoms with E-state index in [9.17, 15) is 14.4 Å². The normalized spacial score (nSPS) is 30.7. The van der Waals surface area contributed by atoms with Gasteiger partial charge < -0.3 is 15.8 Å². The van der Waals surface area contributed by atoms with Gasteiger partial charge in [0.25, 0.3) is 0 Å². The molecule has 6 heteroatoms. The van der Waals surface area contributed by atoms with Crippen molar-refractivity contribution in [3.8, 4) is 0 Å². The topological polar surface area (TPSA) is 98.5 Å². The van der Waals surface area contributed by atoms with Crippen molar-refractivity contribution in [2.75, 3.05) is 6.54 Å². The Bertz CT molecular complexity index is 738. The summed E-state index contributed by atoms with van der Waals surface area (Å²) < 4.78 is 5.23. The molecule has 0 spiro atoms. The molecule has 0 radical (unpaired) electrons. The molecule has 5 rings (SSSR count). The predicted octanol–water partition coefficient (Wildman–Crippen LogP) is 2.16. The Labute approximate surface area is 158 Å². The van der Waals surface area contributed by atoms with Crippen LogP contribution in [-0.4, -0.2) is 24.3 Å². The van der Waals surface area contributed by atoms with Gasteiger partial charge in [-0.2, -0.15) is 0 Å². The van der Waals surface area contributed by atoms with Crippen molar-refractivity contribution in [3.05, 3.63) is 35.4 Å². The summed E-state index contributed by atoms with van der Waals surface area (Å²) in [7, 11) is 0. The van der Waals surface area contributed by atoms with E-state index in [1.807, 2.05) is 0 Å². The van der Waals surface area contributed by atoms with Crippen LogP contribution in [0.5, 0.6) is 0 Å². The Morgan fingerprint density at radius 1 is 1.07 bits per heavy atom. The lowest BCUT2D eigenvalue weighted by Gasteiger charge is -2.55. The minimum absolute atomic E-state index is 0.0225. The lowest BCUT2D eigenvalue weighted by molar-refractivity contribution is -0.151. The van der Waals surface area contributed by atoms with Gasteiger partial charge in [-0.25, -0.2) is 0 Å². The van der Waals surface area contributed by atoms with Gasteiger partial charge in [0, 0.05) is 11.0 Å². The first-order chi connectivity index (χ1) is 12.9. The largest absolute Gasteiger partial charge is 0.460 e.